The summed E-state index contributed by atoms with van der Waals surface area (Å²) in [6.07, 6.45) is 0.848. The Morgan fingerprint density at radius 3 is 2.11 bits per heavy atom. The number of carbonyl (C=O) groups is 1. The molecule has 0 aliphatic carbocycles. The van der Waals surface area contributed by atoms with E-state index in [0.717, 1.165) is 30.0 Å². The number of nitrogens with one attached hydrogen (secondary N) is 2. The maximum absolute atomic E-state index is 13.1. The first-order valence-electron chi connectivity index (χ1n) is 9.21. The molecule has 5 nitrogen and oxygen atoms in total. The molecule has 0 saturated heterocycles. The van der Waals surface area contributed by atoms with Crippen molar-refractivity contribution >= 4 is 11.6 Å². The highest BCUT2D eigenvalue weighted by atomic mass is 16.5. The molecule has 146 valence electrons. The Balaban J connectivity index is 2.14. The van der Waals surface area contributed by atoms with Crippen molar-refractivity contribution in [3.63, 3.8) is 0 Å². The maximum Gasteiger partial charge on any atom is 0.230 e. The molecule has 0 unspecified atom stereocenters. The van der Waals surface area contributed by atoms with E-state index in [9.17, 15) is 4.79 Å². The van der Waals surface area contributed by atoms with E-state index in [0.29, 0.717) is 0 Å². The average molecular weight is 370 g/mol. The smallest absolute Gasteiger partial charge is 0.230 e. The van der Waals surface area contributed by atoms with Gasteiger partial charge in [0.15, 0.2) is 0 Å². The molecule has 27 heavy (non-hydrogen) atoms. The first kappa shape index (κ1) is 20.9. The van der Waals surface area contributed by atoms with Crippen LogP contribution in [-0.2, 0) is 16.6 Å². The first-order valence-corrected chi connectivity index (χ1v) is 9.21. The Morgan fingerprint density at radius 1 is 1.00 bits per heavy atom. The summed E-state index contributed by atoms with van der Waals surface area (Å²) in [4.78, 5) is 13.1. The summed E-state index contributed by atoms with van der Waals surface area (Å²) in [6, 6.07) is 15.8. The van der Waals surface area contributed by atoms with Crippen molar-refractivity contribution in [3.05, 3.63) is 59.7 Å². The number of benzene rings is 2. The summed E-state index contributed by atoms with van der Waals surface area (Å²) in [5.41, 5.74) is 4.71. The summed E-state index contributed by atoms with van der Waals surface area (Å²) in [6.45, 7) is 8.87. The van der Waals surface area contributed by atoms with Crippen LogP contribution in [0.5, 0.6) is 5.75 Å². The Hall–Kier alpha value is -2.37. The number of carbonyl (C=O) groups excluding carboxylic acids is 1. The normalized spacial score (nSPS) is 11.9. The Kier molecular flexibility index (Phi) is 6.63. The number of methoxy groups -OCH3 is 1. The first-order chi connectivity index (χ1) is 12.7. The molecule has 1 amide bonds. The summed E-state index contributed by atoms with van der Waals surface area (Å²) in [5.74, 6) is 6.10. The van der Waals surface area contributed by atoms with Gasteiger partial charge in [-0.15, -0.1) is 0 Å². The number of rotatable bonds is 8. The van der Waals surface area contributed by atoms with Crippen LogP contribution < -0.4 is 21.3 Å². The highest BCUT2D eigenvalue weighted by Crippen LogP contribution is 2.42. The molecule has 0 saturated carbocycles. The molecule has 0 fully saturated rings. The lowest BCUT2D eigenvalue weighted by Crippen LogP contribution is -2.45. The summed E-state index contributed by atoms with van der Waals surface area (Å²) in [7, 11) is 1.65. The molecule has 0 radical (unpaired) electrons. The van der Waals surface area contributed by atoms with Gasteiger partial charge in [0.2, 0.25) is 5.91 Å². The number of hydrazine groups is 1. The Morgan fingerprint density at radius 2 is 1.59 bits per heavy atom. The lowest BCUT2D eigenvalue weighted by molar-refractivity contribution is -0.127. The van der Waals surface area contributed by atoms with E-state index < -0.39 is 5.41 Å². The molecule has 4 N–H and O–H groups in total. The van der Waals surface area contributed by atoms with Crippen LogP contribution >= 0.6 is 0 Å². The molecule has 0 aromatic heterocycles. The molecule has 0 spiro atoms. The SMILES string of the molecule is COc1ccc(C(C)(C)C(C)(C)C(=O)Nc2ccc(CCNN)cc2)cc1. The van der Waals surface area contributed by atoms with E-state index in [-0.39, 0.29) is 11.3 Å². The van der Waals surface area contributed by atoms with Gasteiger partial charge in [-0.1, -0.05) is 52.0 Å². The zero-order chi connectivity index (χ0) is 20.1. The van der Waals surface area contributed by atoms with Crippen molar-refractivity contribution in [2.45, 2.75) is 39.5 Å². The molecule has 5 heteroatoms. The lowest BCUT2D eigenvalue weighted by Gasteiger charge is -2.40. The largest absolute Gasteiger partial charge is 0.497 e. The summed E-state index contributed by atoms with van der Waals surface area (Å²) < 4.78 is 5.24. The van der Waals surface area contributed by atoms with Gasteiger partial charge in [-0.05, 0) is 41.8 Å². The van der Waals surface area contributed by atoms with Crippen molar-refractivity contribution in [1.82, 2.24) is 5.43 Å². The van der Waals surface area contributed by atoms with Crippen molar-refractivity contribution in [3.8, 4) is 5.75 Å². The van der Waals surface area contributed by atoms with Gasteiger partial charge in [0.1, 0.15) is 5.75 Å². The van der Waals surface area contributed by atoms with Gasteiger partial charge >= 0.3 is 0 Å². The van der Waals surface area contributed by atoms with Crippen LogP contribution in [0.2, 0.25) is 0 Å². The predicted octanol–water partition coefficient (Wildman–Crippen LogP) is 3.64. The molecule has 0 heterocycles. The van der Waals surface area contributed by atoms with Gasteiger partial charge in [0.05, 0.1) is 12.5 Å². The highest BCUT2D eigenvalue weighted by Gasteiger charge is 2.44. The minimum atomic E-state index is -0.621. The quantitative estimate of drug-likeness (QED) is 0.490. The van der Waals surface area contributed by atoms with Crippen LogP contribution in [0.4, 0.5) is 5.69 Å². The number of anilines is 1. The zero-order valence-electron chi connectivity index (χ0n) is 16.9. The van der Waals surface area contributed by atoms with Crippen molar-refractivity contribution < 1.29 is 9.53 Å². The monoisotopic (exact) mass is 369 g/mol. The minimum absolute atomic E-state index is 0.0142. The average Bonchev–Trinajstić information content (AvgIpc) is 2.67. The van der Waals surface area contributed by atoms with E-state index in [2.05, 4.69) is 24.6 Å². The van der Waals surface area contributed by atoms with Crippen LogP contribution in [0.15, 0.2) is 48.5 Å². The van der Waals surface area contributed by atoms with Crippen LogP contribution in [0.1, 0.15) is 38.8 Å². The van der Waals surface area contributed by atoms with Crippen molar-refractivity contribution in [2.24, 2.45) is 11.3 Å². The van der Waals surface area contributed by atoms with E-state index in [1.807, 2.05) is 62.4 Å². The molecular weight excluding hydrogens is 338 g/mol. The third-order valence-electron chi connectivity index (χ3n) is 5.71. The van der Waals surface area contributed by atoms with Gasteiger partial charge in [0.25, 0.3) is 0 Å². The molecule has 0 aliphatic heterocycles. The van der Waals surface area contributed by atoms with E-state index >= 15 is 0 Å². The van der Waals surface area contributed by atoms with Crippen LogP contribution in [0.3, 0.4) is 0 Å². The third kappa shape index (κ3) is 4.67. The minimum Gasteiger partial charge on any atom is -0.497 e. The molecule has 0 atom stereocenters. The fourth-order valence-electron chi connectivity index (χ4n) is 2.91. The van der Waals surface area contributed by atoms with E-state index in [4.69, 9.17) is 10.6 Å². The predicted molar refractivity (Wildman–Crippen MR) is 111 cm³/mol. The number of ether oxygens (including phenoxy) is 1. The highest BCUT2D eigenvalue weighted by molar-refractivity contribution is 5.96. The fourth-order valence-corrected chi connectivity index (χ4v) is 2.91. The standard InChI is InChI=1S/C22H31N3O2/c1-21(2,17-8-12-19(27-5)13-9-17)22(3,4)20(26)25-18-10-6-16(7-11-18)14-15-24-23/h6-13,24H,14-15,23H2,1-5H3,(H,25,26). The second-order valence-corrected chi connectivity index (χ2v) is 7.83. The number of hydrogen-bond acceptors (Lipinski definition) is 4. The van der Waals surface area contributed by atoms with Crippen LogP contribution in [0.25, 0.3) is 0 Å². The summed E-state index contributed by atoms with van der Waals surface area (Å²) >= 11 is 0. The van der Waals surface area contributed by atoms with Gasteiger partial charge in [-0.2, -0.15) is 0 Å². The maximum atomic E-state index is 13.1. The number of amides is 1. The van der Waals surface area contributed by atoms with Crippen molar-refractivity contribution in [1.29, 1.82) is 0 Å². The van der Waals surface area contributed by atoms with Crippen LogP contribution in [-0.4, -0.2) is 19.6 Å². The van der Waals surface area contributed by atoms with Gasteiger partial charge < -0.3 is 10.1 Å². The molecule has 0 aliphatic rings. The van der Waals surface area contributed by atoms with Crippen molar-refractivity contribution in [2.75, 3.05) is 19.0 Å². The van der Waals surface area contributed by atoms with Gasteiger partial charge in [-0.3, -0.25) is 16.1 Å². The third-order valence-corrected chi connectivity index (χ3v) is 5.71. The topological polar surface area (TPSA) is 76.4 Å². The number of nitrogens with two attached hydrogens (primary N) is 1. The Labute approximate surface area is 162 Å². The van der Waals surface area contributed by atoms with Crippen LogP contribution in [0, 0.1) is 5.41 Å². The molecule has 2 rings (SSSR count). The van der Waals surface area contributed by atoms with Gasteiger partial charge in [0, 0.05) is 17.6 Å². The van der Waals surface area contributed by atoms with E-state index in [1.54, 1.807) is 7.11 Å². The van der Waals surface area contributed by atoms with Gasteiger partial charge in [-0.25, -0.2) is 0 Å². The lowest BCUT2D eigenvalue weighted by atomic mass is 9.63. The number of hydrogen-bond donors (Lipinski definition) is 3. The summed E-state index contributed by atoms with van der Waals surface area (Å²) in [5, 5.41) is 3.06. The molecule has 2 aromatic carbocycles. The van der Waals surface area contributed by atoms with E-state index in [1.165, 1.54) is 5.56 Å². The zero-order valence-corrected chi connectivity index (χ0v) is 16.9. The Bertz CT molecular complexity index is 750. The molecule has 2 aromatic rings. The fraction of sp³-hybridized carbons (Fsp3) is 0.409. The second-order valence-electron chi connectivity index (χ2n) is 7.83. The molecular formula is C22H31N3O2. The second kappa shape index (κ2) is 8.55. The molecule has 0 bridgehead atoms.